The summed E-state index contributed by atoms with van der Waals surface area (Å²) in [6, 6.07) is 6.91. The highest BCUT2D eigenvalue weighted by molar-refractivity contribution is 5.77. The van der Waals surface area contributed by atoms with Crippen molar-refractivity contribution in [2.24, 2.45) is 0 Å². The maximum Gasteiger partial charge on any atom is 0.317 e. The number of nitrogens with one attached hydrogen (secondary N) is 1. The van der Waals surface area contributed by atoms with Crippen molar-refractivity contribution in [3.8, 4) is 6.07 Å². The number of hydrogen-bond acceptors (Lipinski definition) is 3. The number of urea groups is 1. The van der Waals surface area contributed by atoms with Gasteiger partial charge >= 0.3 is 6.03 Å². The van der Waals surface area contributed by atoms with Crippen molar-refractivity contribution in [2.45, 2.75) is 12.6 Å². The molecule has 104 valence electrons. The molecule has 1 atom stereocenters. The maximum absolute atomic E-state index is 14.0. The fourth-order valence-corrected chi connectivity index (χ4v) is 2.84. The van der Waals surface area contributed by atoms with Gasteiger partial charge in [-0.2, -0.15) is 5.26 Å². The van der Waals surface area contributed by atoms with Gasteiger partial charge in [-0.25, -0.2) is 9.18 Å². The molecule has 2 saturated heterocycles. The van der Waals surface area contributed by atoms with Gasteiger partial charge in [0.25, 0.3) is 0 Å². The van der Waals surface area contributed by atoms with Crippen molar-refractivity contribution < 1.29 is 9.18 Å². The standard InChI is InChI=1S/C14H15FN4O/c15-13-10(6-16)2-1-3-11(13)8-18-4-5-19-12(9-18)7-17-14(19)20/h1-3,12H,4-5,7-9H2,(H,17,20). The molecule has 1 aromatic rings. The number of rotatable bonds is 2. The first-order valence-electron chi connectivity index (χ1n) is 6.63. The second-order valence-corrected chi connectivity index (χ2v) is 5.16. The minimum atomic E-state index is -0.432. The predicted molar refractivity (Wildman–Crippen MR) is 70.3 cm³/mol. The lowest BCUT2D eigenvalue weighted by atomic mass is 10.1. The first kappa shape index (κ1) is 12.9. The van der Waals surface area contributed by atoms with Crippen LogP contribution in [0.3, 0.4) is 0 Å². The average molecular weight is 274 g/mol. The number of amides is 2. The van der Waals surface area contributed by atoms with Crippen LogP contribution in [0.4, 0.5) is 9.18 Å². The normalized spacial score (nSPS) is 22.3. The topological polar surface area (TPSA) is 59.4 Å². The fraction of sp³-hybridized carbons (Fsp3) is 0.429. The van der Waals surface area contributed by atoms with E-state index in [0.717, 1.165) is 13.1 Å². The molecule has 6 heteroatoms. The average Bonchev–Trinajstić information content (AvgIpc) is 2.82. The van der Waals surface area contributed by atoms with Crippen LogP contribution in [0.25, 0.3) is 0 Å². The van der Waals surface area contributed by atoms with Crippen LogP contribution in [-0.4, -0.2) is 48.1 Å². The summed E-state index contributed by atoms with van der Waals surface area (Å²) < 4.78 is 14.0. The summed E-state index contributed by atoms with van der Waals surface area (Å²) in [6.45, 7) is 3.24. The molecule has 0 radical (unpaired) electrons. The van der Waals surface area contributed by atoms with Crippen LogP contribution in [0.5, 0.6) is 0 Å². The van der Waals surface area contributed by atoms with E-state index >= 15 is 0 Å². The largest absolute Gasteiger partial charge is 0.336 e. The van der Waals surface area contributed by atoms with E-state index in [1.807, 2.05) is 11.0 Å². The molecule has 0 bridgehead atoms. The predicted octanol–water partition coefficient (Wildman–Crippen LogP) is 0.907. The van der Waals surface area contributed by atoms with Gasteiger partial charge in [0.15, 0.2) is 0 Å². The number of hydrogen-bond donors (Lipinski definition) is 1. The van der Waals surface area contributed by atoms with Gasteiger partial charge in [-0.1, -0.05) is 12.1 Å². The smallest absolute Gasteiger partial charge is 0.317 e. The number of carbonyl (C=O) groups excluding carboxylic acids is 1. The second-order valence-electron chi connectivity index (χ2n) is 5.16. The molecule has 0 saturated carbocycles. The Labute approximate surface area is 116 Å². The zero-order valence-electron chi connectivity index (χ0n) is 11.0. The molecular weight excluding hydrogens is 259 g/mol. The second kappa shape index (κ2) is 5.10. The lowest BCUT2D eigenvalue weighted by Crippen LogP contribution is -2.51. The van der Waals surface area contributed by atoms with Crippen molar-refractivity contribution in [3.05, 3.63) is 35.1 Å². The van der Waals surface area contributed by atoms with E-state index in [1.165, 1.54) is 6.07 Å². The number of benzene rings is 1. The summed E-state index contributed by atoms with van der Waals surface area (Å²) in [5, 5.41) is 11.7. The number of halogens is 1. The molecule has 2 fully saturated rings. The molecule has 0 spiro atoms. The SMILES string of the molecule is N#Cc1cccc(CN2CCN3C(=O)NCC3C2)c1F. The molecule has 2 amide bonds. The van der Waals surface area contributed by atoms with Crippen molar-refractivity contribution >= 4 is 6.03 Å². The van der Waals surface area contributed by atoms with Gasteiger partial charge in [-0.05, 0) is 6.07 Å². The number of nitrogens with zero attached hydrogens (tertiary/aromatic N) is 3. The Morgan fingerprint density at radius 2 is 2.30 bits per heavy atom. The molecule has 1 aromatic carbocycles. The Balaban J connectivity index is 1.71. The minimum Gasteiger partial charge on any atom is -0.336 e. The molecule has 1 unspecified atom stereocenters. The van der Waals surface area contributed by atoms with E-state index < -0.39 is 5.82 Å². The first-order chi connectivity index (χ1) is 9.69. The van der Waals surface area contributed by atoms with E-state index in [2.05, 4.69) is 10.2 Å². The molecule has 1 N–H and O–H groups in total. The Morgan fingerprint density at radius 1 is 1.45 bits per heavy atom. The Bertz CT molecular complexity index is 583. The van der Waals surface area contributed by atoms with Crippen molar-refractivity contribution in [2.75, 3.05) is 26.2 Å². The molecule has 2 aliphatic rings. The summed E-state index contributed by atoms with van der Waals surface area (Å²) >= 11 is 0. The van der Waals surface area contributed by atoms with Crippen LogP contribution in [0.1, 0.15) is 11.1 Å². The summed E-state index contributed by atoms with van der Waals surface area (Å²) in [7, 11) is 0. The third-order valence-electron chi connectivity index (χ3n) is 3.91. The van der Waals surface area contributed by atoms with Gasteiger partial charge in [0, 0.05) is 38.3 Å². The molecule has 2 aliphatic heterocycles. The van der Waals surface area contributed by atoms with Crippen LogP contribution in [-0.2, 0) is 6.54 Å². The van der Waals surface area contributed by atoms with Gasteiger partial charge in [-0.3, -0.25) is 4.90 Å². The summed E-state index contributed by atoms with van der Waals surface area (Å²) in [5.74, 6) is -0.432. The van der Waals surface area contributed by atoms with Crippen LogP contribution < -0.4 is 5.32 Å². The lowest BCUT2D eigenvalue weighted by Gasteiger charge is -2.36. The van der Waals surface area contributed by atoms with Crippen molar-refractivity contribution in [1.29, 1.82) is 5.26 Å². The van der Waals surface area contributed by atoms with E-state index in [4.69, 9.17) is 5.26 Å². The van der Waals surface area contributed by atoms with Crippen LogP contribution in [0.2, 0.25) is 0 Å². The van der Waals surface area contributed by atoms with E-state index in [-0.39, 0.29) is 17.6 Å². The monoisotopic (exact) mass is 274 g/mol. The minimum absolute atomic E-state index is 0.00712. The fourth-order valence-electron chi connectivity index (χ4n) is 2.84. The molecular formula is C14H15FN4O. The van der Waals surface area contributed by atoms with Gasteiger partial charge in [0.05, 0.1) is 11.6 Å². The van der Waals surface area contributed by atoms with Gasteiger partial charge in [0.2, 0.25) is 0 Å². The summed E-state index contributed by atoms with van der Waals surface area (Å²) in [5.41, 5.74) is 0.619. The summed E-state index contributed by atoms with van der Waals surface area (Å²) in [4.78, 5) is 15.5. The molecule has 3 rings (SSSR count). The van der Waals surface area contributed by atoms with E-state index in [0.29, 0.717) is 25.2 Å². The Hall–Kier alpha value is -2.13. The number of fused-ring (bicyclic) bond motifs is 1. The van der Waals surface area contributed by atoms with Crippen LogP contribution >= 0.6 is 0 Å². The molecule has 5 nitrogen and oxygen atoms in total. The number of nitriles is 1. The first-order valence-corrected chi connectivity index (χ1v) is 6.63. The van der Waals surface area contributed by atoms with Crippen molar-refractivity contribution in [3.63, 3.8) is 0 Å². The third kappa shape index (κ3) is 2.21. The van der Waals surface area contributed by atoms with Crippen LogP contribution in [0.15, 0.2) is 18.2 Å². The number of carbonyl (C=O) groups is 1. The number of piperazine rings is 1. The zero-order valence-corrected chi connectivity index (χ0v) is 11.0. The maximum atomic E-state index is 14.0. The lowest BCUT2D eigenvalue weighted by molar-refractivity contribution is 0.116. The quantitative estimate of drug-likeness (QED) is 0.872. The molecule has 0 aromatic heterocycles. The molecule has 20 heavy (non-hydrogen) atoms. The summed E-state index contributed by atoms with van der Waals surface area (Å²) in [6.07, 6.45) is 0. The van der Waals surface area contributed by atoms with Gasteiger partial charge in [-0.15, -0.1) is 0 Å². The highest BCUT2D eigenvalue weighted by atomic mass is 19.1. The van der Waals surface area contributed by atoms with Crippen LogP contribution in [0, 0.1) is 17.1 Å². The molecule has 0 aliphatic carbocycles. The highest BCUT2D eigenvalue weighted by Gasteiger charge is 2.35. The van der Waals surface area contributed by atoms with Crippen molar-refractivity contribution in [1.82, 2.24) is 15.1 Å². The van der Waals surface area contributed by atoms with E-state index in [9.17, 15) is 9.18 Å². The highest BCUT2D eigenvalue weighted by Crippen LogP contribution is 2.19. The van der Waals surface area contributed by atoms with Gasteiger partial charge in [0.1, 0.15) is 11.9 Å². The molecule has 2 heterocycles. The zero-order chi connectivity index (χ0) is 14.1. The third-order valence-corrected chi connectivity index (χ3v) is 3.91. The Morgan fingerprint density at radius 3 is 3.10 bits per heavy atom. The van der Waals surface area contributed by atoms with E-state index in [1.54, 1.807) is 12.1 Å². The van der Waals surface area contributed by atoms with Gasteiger partial charge < -0.3 is 10.2 Å². The Kier molecular flexibility index (Phi) is 3.28.